The molecular formula is C15H20Cl2N2S. The maximum atomic E-state index is 6.24. The summed E-state index contributed by atoms with van der Waals surface area (Å²) in [5.74, 6) is 1.76. The van der Waals surface area contributed by atoms with E-state index in [2.05, 4.69) is 26.1 Å². The number of rotatable bonds is 4. The number of amidine groups is 1. The highest BCUT2D eigenvalue weighted by Crippen LogP contribution is 2.28. The van der Waals surface area contributed by atoms with E-state index in [-0.39, 0.29) is 6.04 Å². The van der Waals surface area contributed by atoms with Gasteiger partial charge in [0.2, 0.25) is 0 Å². The van der Waals surface area contributed by atoms with Crippen molar-refractivity contribution in [2.75, 3.05) is 5.75 Å². The summed E-state index contributed by atoms with van der Waals surface area (Å²) in [5, 5.41) is 5.82. The monoisotopic (exact) mass is 330 g/mol. The lowest BCUT2D eigenvalue weighted by Gasteiger charge is -2.16. The molecule has 0 radical (unpaired) electrons. The molecule has 1 aromatic rings. The normalized spacial score (nSPS) is 20.1. The highest BCUT2D eigenvalue weighted by Gasteiger charge is 2.21. The Bertz CT molecular complexity index is 503. The third-order valence-electron chi connectivity index (χ3n) is 3.22. The van der Waals surface area contributed by atoms with Gasteiger partial charge >= 0.3 is 0 Å². The average Bonchev–Trinajstić information content (AvgIpc) is 2.75. The van der Waals surface area contributed by atoms with Crippen LogP contribution < -0.4 is 5.32 Å². The zero-order valence-corrected chi connectivity index (χ0v) is 14.3. The molecule has 0 saturated heterocycles. The van der Waals surface area contributed by atoms with Gasteiger partial charge in [0.25, 0.3) is 0 Å². The van der Waals surface area contributed by atoms with Gasteiger partial charge in [-0.1, -0.05) is 54.9 Å². The summed E-state index contributed by atoms with van der Waals surface area (Å²) in [5.41, 5.74) is 1.05. The van der Waals surface area contributed by atoms with Crippen molar-refractivity contribution in [3.63, 3.8) is 0 Å². The van der Waals surface area contributed by atoms with Crippen LogP contribution in [0.4, 0.5) is 0 Å². The van der Waals surface area contributed by atoms with Gasteiger partial charge < -0.3 is 5.32 Å². The van der Waals surface area contributed by atoms with Crippen molar-refractivity contribution in [2.24, 2.45) is 10.9 Å². The second kappa shape index (κ2) is 7.06. The van der Waals surface area contributed by atoms with Gasteiger partial charge in [0.1, 0.15) is 0 Å². The minimum absolute atomic E-state index is 0.129. The average molecular weight is 331 g/mol. The second-order valence-corrected chi connectivity index (χ2v) is 7.41. The second-order valence-electron chi connectivity index (χ2n) is 5.56. The fraction of sp³-hybridized carbons (Fsp3) is 0.533. The number of nitrogens with one attached hydrogen (secondary N) is 1. The molecule has 1 aromatic carbocycles. The SMILES string of the molecule is CC(C)CC1CSC(NC(C)c2ccc(Cl)cc2Cl)=N1. The quantitative estimate of drug-likeness (QED) is 0.824. The van der Waals surface area contributed by atoms with Crippen LogP contribution in [-0.4, -0.2) is 17.0 Å². The van der Waals surface area contributed by atoms with Crippen LogP contribution in [0.1, 0.15) is 38.8 Å². The summed E-state index contributed by atoms with van der Waals surface area (Å²) >= 11 is 14.0. The smallest absolute Gasteiger partial charge is 0.157 e. The topological polar surface area (TPSA) is 24.4 Å². The number of thioether (sulfide) groups is 1. The number of nitrogens with zero attached hydrogens (tertiary/aromatic N) is 1. The minimum atomic E-state index is 0.129. The van der Waals surface area contributed by atoms with Crippen LogP contribution in [0.25, 0.3) is 0 Å². The summed E-state index contributed by atoms with van der Waals surface area (Å²) in [7, 11) is 0. The molecular weight excluding hydrogens is 311 g/mol. The molecule has 0 aromatic heterocycles. The van der Waals surface area contributed by atoms with Gasteiger partial charge in [-0.2, -0.15) is 0 Å². The first-order valence-electron chi connectivity index (χ1n) is 6.87. The Morgan fingerprint density at radius 3 is 2.75 bits per heavy atom. The maximum absolute atomic E-state index is 6.24. The summed E-state index contributed by atoms with van der Waals surface area (Å²) in [6, 6.07) is 6.18. The van der Waals surface area contributed by atoms with E-state index in [1.54, 1.807) is 17.8 Å². The molecule has 2 unspecified atom stereocenters. The summed E-state index contributed by atoms with van der Waals surface area (Å²) in [6.45, 7) is 6.57. The Morgan fingerprint density at radius 1 is 1.35 bits per heavy atom. The summed E-state index contributed by atoms with van der Waals surface area (Å²) in [6.07, 6.45) is 1.15. The Labute approximate surface area is 135 Å². The predicted molar refractivity (Wildman–Crippen MR) is 91.1 cm³/mol. The zero-order chi connectivity index (χ0) is 14.7. The molecule has 1 aliphatic heterocycles. The number of hydrogen-bond acceptors (Lipinski definition) is 3. The van der Waals surface area contributed by atoms with Crippen molar-refractivity contribution in [3.8, 4) is 0 Å². The van der Waals surface area contributed by atoms with E-state index in [0.29, 0.717) is 22.0 Å². The summed E-state index contributed by atoms with van der Waals surface area (Å²) < 4.78 is 0. The van der Waals surface area contributed by atoms with E-state index >= 15 is 0 Å². The first-order chi connectivity index (χ1) is 9.45. The van der Waals surface area contributed by atoms with E-state index in [4.69, 9.17) is 28.2 Å². The molecule has 1 N–H and O–H groups in total. The standard InChI is InChI=1S/C15H20Cl2N2S/c1-9(2)6-12-8-20-15(19-12)18-10(3)13-5-4-11(16)7-14(13)17/h4-5,7,9-10,12H,6,8H2,1-3H3,(H,18,19). The fourth-order valence-electron chi connectivity index (χ4n) is 2.27. The molecule has 0 amide bonds. The van der Waals surface area contributed by atoms with E-state index in [9.17, 15) is 0 Å². The van der Waals surface area contributed by atoms with Gasteiger partial charge in [0.05, 0.1) is 12.1 Å². The number of halogens is 2. The molecule has 1 heterocycles. The van der Waals surface area contributed by atoms with Gasteiger partial charge in [-0.3, -0.25) is 4.99 Å². The maximum Gasteiger partial charge on any atom is 0.157 e. The van der Waals surface area contributed by atoms with Crippen molar-refractivity contribution in [1.82, 2.24) is 5.32 Å². The molecule has 0 fully saturated rings. The van der Waals surface area contributed by atoms with Crippen molar-refractivity contribution >= 4 is 40.1 Å². The van der Waals surface area contributed by atoms with Crippen LogP contribution in [-0.2, 0) is 0 Å². The van der Waals surface area contributed by atoms with Crippen LogP contribution in [0, 0.1) is 5.92 Å². The Balaban J connectivity index is 1.99. The predicted octanol–water partition coefficient (Wildman–Crippen LogP) is 5.16. The number of hydrogen-bond donors (Lipinski definition) is 1. The van der Waals surface area contributed by atoms with E-state index < -0.39 is 0 Å². The number of aliphatic imine (C=N–C) groups is 1. The van der Waals surface area contributed by atoms with Gasteiger partial charge in [0, 0.05) is 15.8 Å². The minimum Gasteiger partial charge on any atom is -0.358 e. The first kappa shape index (κ1) is 16.0. The molecule has 0 spiro atoms. The zero-order valence-electron chi connectivity index (χ0n) is 12.0. The third-order valence-corrected chi connectivity index (χ3v) is 4.84. The molecule has 0 saturated carbocycles. The lowest BCUT2D eigenvalue weighted by molar-refractivity contribution is 0.528. The van der Waals surface area contributed by atoms with Gasteiger partial charge in [0.15, 0.2) is 5.17 Å². The highest BCUT2D eigenvalue weighted by molar-refractivity contribution is 8.14. The molecule has 0 bridgehead atoms. The molecule has 5 heteroatoms. The van der Waals surface area contributed by atoms with Crippen LogP contribution in [0.2, 0.25) is 10.0 Å². The molecule has 1 aliphatic rings. The lowest BCUT2D eigenvalue weighted by Crippen LogP contribution is -2.23. The van der Waals surface area contributed by atoms with E-state index in [0.717, 1.165) is 22.9 Å². The Kier molecular flexibility index (Phi) is 5.65. The van der Waals surface area contributed by atoms with Crippen LogP contribution in [0.15, 0.2) is 23.2 Å². The third kappa shape index (κ3) is 4.31. The molecule has 20 heavy (non-hydrogen) atoms. The Hall–Kier alpha value is -0.380. The molecule has 110 valence electrons. The highest BCUT2D eigenvalue weighted by atomic mass is 35.5. The van der Waals surface area contributed by atoms with Crippen LogP contribution >= 0.6 is 35.0 Å². The summed E-state index contributed by atoms with van der Waals surface area (Å²) in [4.78, 5) is 4.74. The molecule has 2 rings (SSSR count). The first-order valence-corrected chi connectivity index (χ1v) is 8.62. The van der Waals surface area contributed by atoms with Crippen LogP contribution in [0.3, 0.4) is 0 Å². The van der Waals surface area contributed by atoms with Crippen molar-refractivity contribution < 1.29 is 0 Å². The number of benzene rings is 1. The lowest BCUT2D eigenvalue weighted by atomic mass is 10.1. The van der Waals surface area contributed by atoms with Crippen LogP contribution in [0.5, 0.6) is 0 Å². The van der Waals surface area contributed by atoms with Gasteiger partial charge in [-0.05, 0) is 37.0 Å². The van der Waals surface area contributed by atoms with Gasteiger partial charge in [-0.15, -0.1) is 0 Å². The van der Waals surface area contributed by atoms with Gasteiger partial charge in [-0.25, -0.2) is 0 Å². The van der Waals surface area contributed by atoms with Crippen molar-refractivity contribution in [2.45, 2.75) is 39.3 Å². The largest absolute Gasteiger partial charge is 0.358 e. The molecule has 2 atom stereocenters. The van der Waals surface area contributed by atoms with E-state index in [1.165, 1.54) is 0 Å². The van der Waals surface area contributed by atoms with Crippen molar-refractivity contribution in [1.29, 1.82) is 0 Å². The molecule has 2 nitrogen and oxygen atoms in total. The van der Waals surface area contributed by atoms with Crippen molar-refractivity contribution in [3.05, 3.63) is 33.8 Å². The van der Waals surface area contributed by atoms with E-state index in [1.807, 2.05) is 12.1 Å². The fourth-order valence-corrected chi connectivity index (χ4v) is 3.89. The Morgan fingerprint density at radius 2 is 2.10 bits per heavy atom. The molecule has 0 aliphatic carbocycles.